The Labute approximate surface area is 119 Å². The predicted molar refractivity (Wildman–Crippen MR) is 72.9 cm³/mol. The smallest absolute Gasteiger partial charge is 0.259 e. The number of rotatable bonds is 2. The van der Waals surface area contributed by atoms with E-state index in [9.17, 15) is 13.6 Å². The largest absolute Gasteiger partial charge is 0.338 e. The van der Waals surface area contributed by atoms with Gasteiger partial charge >= 0.3 is 0 Å². The van der Waals surface area contributed by atoms with Gasteiger partial charge in [0.1, 0.15) is 17.2 Å². The standard InChI is InChI=1S/C14H16BrF2NO/c1-8(2)9-3-4-18(7-9)14(19)13-11(16)5-10(15)6-12(13)17/h5-6,8-9H,3-4,7H2,1-2H3. The summed E-state index contributed by atoms with van der Waals surface area (Å²) in [6.45, 7) is 5.33. The molecule has 1 atom stereocenters. The second-order valence-electron chi connectivity index (χ2n) is 5.29. The van der Waals surface area contributed by atoms with E-state index in [1.54, 1.807) is 4.90 Å². The number of likely N-dealkylation sites (tertiary alicyclic amines) is 1. The van der Waals surface area contributed by atoms with Gasteiger partial charge in [0.25, 0.3) is 5.91 Å². The van der Waals surface area contributed by atoms with Crippen LogP contribution in [0.3, 0.4) is 0 Å². The van der Waals surface area contributed by atoms with Crippen molar-refractivity contribution >= 4 is 21.8 Å². The molecule has 1 heterocycles. The SMILES string of the molecule is CC(C)C1CCN(C(=O)c2c(F)cc(Br)cc2F)C1. The Hall–Kier alpha value is -0.970. The summed E-state index contributed by atoms with van der Waals surface area (Å²) in [5.41, 5.74) is -0.451. The molecular weight excluding hydrogens is 316 g/mol. The van der Waals surface area contributed by atoms with Crippen molar-refractivity contribution in [1.82, 2.24) is 4.90 Å². The summed E-state index contributed by atoms with van der Waals surface area (Å²) >= 11 is 3.00. The molecule has 104 valence electrons. The van der Waals surface area contributed by atoms with E-state index in [2.05, 4.69) is 29.8 Å². The van der Waals surface area contributed by atoms with Gasteiger partial charge in [-0.2, -0.15) is 0 Å². The van der Waals surface area contributed by atoms with Gasteiger partial charge in [-0.05, 0) is 30.4 Å². The highest BCUT2D eigenvalue weighted by molar-refractivity contribution is 9.10. The highest BCUT2D eigenvalue weighted by atomic mass is 79.9. The van der Waals surface area contributed by atoms with Gasteiger partial charge in [0.15, 0.2) is 0 Å². The van der Waals surface area contributed by atoms with Crippen molar-refractivity contribution in [2.24, 2.45) is 11.8 Å². The summed E-state index contributed by atoms with van der Waals surface area (Å²) in [6.07, 6.45) is 0.892. The first-order valence-corrected chi connectivity index (χ1v) is 7.13. The molecule has 0 N–H and O–H groups in total. The number of carbonyl (C=O) groups excluding carboxylic acids is 1. The Kier molecular flexibility index (Phi) is 4.23. The molecule has 1 fully saturated rings. The minimum absolute atomic E-state index is 0.292. The Balaban J connectivity index is 2.22. The third kappa shape index (κ3) is 2.96. The van der Waals surface area contributed by atoms with Crippen LogP contribution in [-0.4, -0.2) is 23.9 Å². The van der Waals surface area contributed by atoms with E-state index in [1.807, 2.05) is 0 Å². The van der Waals surface area contributed by atoms with Gasteiger partial charge in [0, 0.05) is 17.6 Å². The zero-order valence-corrected chi connectivity index (χ0v) is 12.5. The average Bonchev–Trinajstić information content (AvgIpc) is 2.76. The summed E-state index contributed by atoms with van der Waals surface area (Å²) in [5.74, 6) is -1.30. The number of halogens is 3. The summed E-state index contributed by atoms with van der Waals surface area (Å²) in [7, 11) is 0. The lowest BCUT2D eigenvalue weighted by Crippen LogP contribution is -2.30. The maximum atomic E-state index is 13.8. The fourth-order valence-corrected chi connectivity index (χ4v) is 2.82. The van der Waals surface area contributed by atoms with Crippen molar-refractivity contribution in [2.45, 2.75) is 20.3 Å². The fraction of sp³-hybridized carbons (Fsp3) is 0.500. The highest BCUT2D eigenvalue weighted by Crippen LogP contribution is 2.27. The number of hydrogen-bond donors (Lipinski definition) is 0. The highest BCUT2D eigenvalue weighted by Gasteiger charge is 2.31. The van der Waals surface area contributed by atoms with Crippen LogP contribution in [0.15, 0.2) is 16.6 Å². The summed E-state index contributed by atoms with van der Waals surface area (Å²) in [5, 5.41) is 0. The molecule has 1 aliphatic rings. The fourth-order valence-electron chi connectivity index (χ4n) is 2.42. The second kappa shape index (κ2) is 5.57. The molecule has 1 aliphatic heterocycles. The van der Waals surface area contributed by atoms with Crippen molar-refractivity contribution in [2.75, 3.05) is 13.1 Å². The van der Waals surface area contributed by atoms with Crippen LogP contribution in [0, 0.1) is 23.5 Å². The lowest BCUT2D eigenvalue weighted by Gasteiger charge is -2.18. The van der Waals surface area contributed by atoms with Crippen LogP contribution >= 0.6 is 15.9 Å². The van der Waals surface area contributed by atoms with Crippen LogP contribution in [-0.2, 0) is 0 Å². The first kappa shape index (κ1) is 14.4. The molecule has 0 bridgehead atoms. The van der Waals surface area contributed by atoms with Crippen molar-refractivity contribution in [3.63, 3.8) is 0 Å². The third-order valence-electron chi connectivity index (χ3n) is 3.68. The molecule has 5 heteroatoms. The molecule has 0 aliphatic carbocycles. The van der Waals surface area contributed by atoms with Crippen molar-refractivity contribution < 1.29 is 13.6 Å². The molecule has 19 heavy (non-hydrogen) atoms. The molecule has 0 aromatic heterocycles. The van der Waals surface area contributed by atoms with Crippen LogP contribution in [0.1, 0.15) is 30.6 Å². The molecule has 1 unspecified atom stereocenters. The number of hydrogen-bond acceptors (Lipinski definition) is 1. The molecule has 1 aromatic rings. The van der Waals surface area contributed by atoms with E-state index in [0.29, 0.717) is 29.4 Å². The van der Waals surface area contributed by atoms with Gasteiger partial charge in [-0.1, -0.05) is 29.8 Å². The van der Waals surface area contributed by atoms with Gasteiger partial charge in [-0.25, -0.2) is 8.78 Å². The molecule has 0 saturated carbocycles. The van der Waals surface area contributed by atoms with Gasteiger partial charge in [-0.15, -0.1) is 0 Å². The van der Waals surface area contributed by atoms with Crippen molar-refractivity contribution in [3.8, 4) is 0 Å². The Morgan fingerprint density at radius 3 is 2.42 bits per heavy atom. The van der Waals surface area contributed by atoms with Gasteiger partial charge in [-0.3, -0.25) is 4.79 Å². The Morgan fingerprint density at radius 2 is 1.95 bits per heavy atom. The maximum absolute atomic E-state index is 13.8. The maximum Gasteiger partial charge on any atom is 0.259 e. The lowest BCUT2D eigenvalue weighted by atomic mass is 9.95. The molecular formula is C14H16BrF2NO. The van der Waals surface area contributed by atoms with E-state index >= 15 is 0 Å². The van der Waals surface area contributed by atoms with Gasteiger partial charge in [0.2, 0.25) is 0 Å². The third-order valence-corrected chi connectivity index (χ3v) is 4.13. The van der Waals surface area contributed by atoms with E-state index in [4.69, 9.17) is 0 Å². The van der Waals surface area contributed by atoms with E-state index in [1.165, 1.54) is 0 Å². The molecule has 0 spiro atoms. The van der Waals surface area contributed by atoms with Crippen LogP contribution in [0.4, 0.5) is 8.78 Å². The zero-order chi connectivity index (χ0) is 14.2. The van der Waals surface area contributed by atoms with Gasteiger partial charge in [0.05, 0.1) is 0 Å². The quantitative estimate of drug-likeness (QED) is 0.806. The molecule has 1 amide bonds. The monoisotopic (exact) mass is 331 g/mol. The summed E-state index contributed by atoms with van der Waals surface area (Å²) in [4.78, 5) is 13.7. The summed E-state index contributed by atoms with van der Waals surface area (Å²) < 4.78 is 27.8. The molecule has 1 aromatic carbocycles. The molecule has 2 nitrogen and oxygen atoms in total. The molecule has 0 radical (unpaired) electrons. The van der Waals surface area contributed by atoms with Crippen molar-refractivity contribution in [3.05, 3.63) is 33.8 Å². The van der Waals surface area contributed by atoms with Crippen LogP contribution in [0.2, 0.25) is 0 Å². The lowest BCUT2D eigenvalue weighted by molar-refractivity contribution is 0.0774. The second-order valence-corrected chi connectivity index (χ2v) is 6.20. The van der Waals surface area contributed by atoms with E-state index in [0.717, 1.165) is 18.6 Å². The Morgan fingerprint density at radius 1 is 1.37 bits per heavy atom. The Bertz CT molecular complexity index is 481. The minimum Gasteiger partial charge on any atom is -0.338 e. The first-order valence-electron chi connectivity index (χ1n) is 6.34. The average molecular weight is 332 g/mol. The predicted octanol–water partition coefficient (Wildman–Crippen LogP) is 3.85. The van der Waals surface area contributed by atoms with E-state index in [-0.39, 0.29) is 0 Å². The van der Waals surface area contributed by atoms with Gasteiger partial charge < -0.3 is 4.90 Å². The molecule has 2 rings (SSSR count). The zero-order valence-electron chi connectivity index (χ0n) is 10.9. The summed E-state index contributed by atoms with van der Waals surface area (Å²) in [6, 6.07) is 2.23. The van der Waals surface area contributed by atoms with Crippen molar-refractivity contribution in [1.29, 1.82) is 0 Å². The number of benzene rings is 1. The minimum atomic E-state index is -0.815. The van der Waals surface area contributed by atoms with Crippen LogP contribution in [0.25, 0.3) is 0 Å². The number of nitrogens with zero attached hydrogens (tertiary/aromatic N) is 1. The normalized spacial score (nSPS) is 19.3. The first-order chi connectivity index (χ1) is 8.90. The molecule has 1 saturated heterocycles. The van der Waals surface area contributed by atoms with Crippen LogP contribution < -0.4 is 0 Å². The number of carbonyl (C=O) groups is 1. The van der Waals surface area contributed by atoms with E-state index < -0.39 is 23.1 Å². The topological polar surface area (TPSA) is 20.3 Å². The number of amides is 1. The van der Waals surface area contributed by atoms with Crippen LogP contribution in [0.5, 0.6) is 0 Å².